The minimum Gasteiger partial charge on any atom is -0.497 e. The number of tetrazole rings is 1. The van der Waals surface area contributed by atoms with Crippen molar-refractivity contribution in [3.8, 4) is 39.8 Å². The molecular weight excluding hydrogens is 905 g/mol. The summed E-state index contributed by atoms with van der Waals surface area (Å²) in [4.78, 5) is 18.3. The maximum atomic E-state index is 16.2. The Labute approximate surface area is 387 Å². The van der Waals surface area contributed by atoms with Gasteiger partial charge in [-0.25, -0.2) is 26.6 Å². The van der Waals surface area contributed by atoms with Crippen LogP contribution in [0.4, 0.5) is 9.93 Å². The summed E-state index contributed by atoms with van der Waals surface area (Å²) >= 11 is 1.23. The summed E-state index contributed by atoms with van der Waals surface area (Å²) < 4.78 is 80.8. The van der Waals surface area contributed by atoms with Crippen molar-refractivity contribution >= 4 is 52.6 Å². The number of amides is 1. The summed E-state index contributed by atoms with van der Waals surface area (Å²) in [5.41, 5.74) is 8.06. The molecule has 66 heavy (non-hydrogen) atoms. The molecule has 7 aromatic rings. The van der Waals surface area contributed by atoms with Crippen LogP contribution in [0.25, 0.3) is 32.7 Å². The molecule has 5 aromatic carbocycles. The van der Waals surface area contributed by atoms with Crippen LogP contribution >= 0.6 is 11.3 Å². The molecule has 2 aromatic heterocycles. The van der Waals surface area contributed by atoms with Crippen molar-refractivity contribution < 1.29 is 40.9 Å². The van der Waals surface area contributed by atoms with Crippen LogP contribution < -0.4 is 19.9 Å². The molecule has 0 aliphatic carbocycles. The van der Waals surface area contributed by atoms with E-state index in [4.69, 9.17) is 25.0 Å². The van der Waals surface area contributed by atoms with Gasteiger partial charge in [0.25, 0.3) is 0 Å². The Morgan fingerprint density at radius 3 is 1.85 bits per heavy atom. The number of nitrogens with two attached hydrogens (primary N) is 1. The Kier molecular flexibility index (Phi) is 13.7. The molecular formula is C46H50N8O9S3. The third kappa shape index (κ3) is 9.96. The normalized spacial score (nSPS) is 12.6. The Balaban J connectivity index is 1.53. The molecule has 1 atom stereocenters. The maximum Gasteiger partial charge on any atom is 0.407 e. The number of aromatic nitrogens is 5. The minimum atomic E-state index is -4.98. The molecule has 2 heterocycles. The van der Waals surface area contributed by atoms with E-state index < -0.39 is 53.1 Å². The zero-order chi connectivity index (χ0) is 47.6. The quantitative estimate of drug-likeness (QED) is 0.0897. The van der Waals surface area contributed by atoms with Gasteiger partial charge in [0, 0.05) is 30.7 Å². The highest BCUT2D eigenvalue weighted by Crippen LogP contribution is 2.44. The van der Waals surface area contributed by atoms with Crippen LogP contribution in [0.3, 0.4) is 0 Å². The van der Waals surface area contributed by atoms with E-state index in [1.165, 1.54) is 53.7 Å². The second kappa shape index (κ2) is 19.1. The van der Waals surface area contributed by atoms with Gasteiger partial charge < -0.3 is 30.0 Å². The first kappa shape index (κ1) is 47.4. The summed E-state index contributed by atoms with van der Waals surface area (Å²) in [5.74, 6) is 1.54. The van der Waals surface area contributed by atoms with Crippen LogP contribution in [0.5, 0.6) is 17.2 Å². The number of hydrogen-bond acceptors (Lipinski definition) is 14. The largest absolute Gasteiger partial charge is 0.497 e. The summed E-state index contributed by atoms with van der Waals surface area (Å²) in [6.45, 7) is 5.49. The zero-order valence-corrected chi connectivity index (χ0v) is 39.8. The summed E-state index contributed by atoms with van der Waals surface area (Å²) in [6.07, 6.45) is -1.34. The van der Waals surface area contributed by atoms with E-state index in [0.717, 1.165) is 10.5 Å². The smallest absolute Gasteiger partial charge is 0.407 e. The second-order valence-corrected chi connectivity index (χ2v) is 21.7. The SMILES string of the molecule is COc1ccc(CN(Cc2ccc(OC)cc2)S(=O)(=O)c2c(S(=O)(=O)C(C)CN(C(=O)O)C(C)(C)C)ccc(-c3cccc4sc(N)nc34)c2-c2nnn(Cc3ccc(OC)cc3)n2)cc1. The second-order valence-electron chi connectivity index (χ2n) is 16.4. The number of hydrogen-bond donors (Lipinski definition) is 2. The van der Waals surface area contributed by atoms with Gasteiger partial charge >= 0.3 is 6.09 Å². The fraction of sp³-hybridized carbons (Fsp3) is 0.283. The molecule has 0 fully saturated rings. The van der Waals surface area contributed by atoms with Crippen molar-refractivity contribution in [3.63, 3.8) is 0 Å². The first-order valence-electron chi connectivity index (χ1n) is 20.6. The number of nitrogens with zero attached hydrogens (tertiary/aromatic N) is 7. The van der Waals surface area contributed by atoms with E-state index >= 15 is 16.8 Å². The van der Waals surface area contributed by atoms with Crippen molar-refractivity contribution in [2.75, 3.05) is 33.6 Å². The molecule has 0 saturated heterocycles. The Bertz CT molecular complexity index is 3030. The van der Waals surface area contributed by atoms with Crippen molar-refractivity contribution in [2.45, 2.75) is 67.9 Å². The number of rotatable bonds is 17. The monoisotopic (exact) mass is 954 g/mol. The number of carbonyl (C=O) groups is 1. The average molecular weight is 955 g/mol. The molecule has 20 heteroatoms. The minimum absolute atomic E-state index is 0.112. The Morgan fingerprint density at radius 2 is 1.33 bits per heavy atom. The van der Waals surface area contributed by atoms with Crippen LogP contribution in [-0.4, -0.2) is 101 Å². The fourth-order valence-electron chi connectivity index (χ4n) is 7.41. The standard InChI is InChI=1S/C46H50N8O9S3/c1-29(25-53(45(55)56)46(2,3)4)65(57,58)39-24-23-36(37-9-8-10-38-41(37)48-44(47)64-38)40(43-49-51-54(50-43)28-32-15-21-35(63-7)22-16-32)42(39)66(59,60)52(26-30-11-17-33(61-5)18-12-30)27-31-13-19-34(62-6)20-14-31/h8-24,29H,25-28H2,1-7H3,(H2,47,48)(H,55,56). The molecule has 0 bridgehead atoms. The number of fused-ring (bicyclic) bond motifs is 1. The van der Waals surface area contributed by atoms with E-state index in [1.807, 2.05) is 18.2 Å². The topological polar surface area (TPSA) is 222 Å². The van der Waals surface area contributed by atoms with Crippen molar-refractivity contribution in [1.82, 2.24) is 34.4 Å². The highest BCUT2D eigenvalue weighted by molar-refractivity contribution is 7.94. The first-order valence-corrected chi connectivity index (χ1v) is 24.4. The van der Waals surface area contributed by atoms with Gasteiger partial charge in [-0.15, -0.1) is 10.2 Å². The Hall–Kier alpha value is -6.61. The molecule has 0 saturated carbocycles. The zero-order valence-electron chi connectivity index (χ0n) is 37.4. The van der Waals surface area contributed by atoms with Crippen LogP contribution in [0.2, 0.25) is 0 Å². The van der Waals surface area contributed by atoms with Crippen molar-refractivity contribution in [2.24, 2.45) is 0 Å². The molecule has 0 aliphatic heterocycles. The number of methoxy groups -OCH3 is 3. The molecule has 3 N–H and O–H groups in total. The van der Waals surface area contributed by atoms with Gasteiger partial charge in [-0.3, -0.25) is 0 Å². The summed E-state index contributed by atoms with van der Waals surface area (Å²) in [5, 5.41) is 22.5. The highest BCUT2D eigenvalue weighted by Gasteiger charge is 2.41. The average Bonchev–Trinajstić information content (AvgIpc) is 3.93. The van der Waals surface area contributed by atoms with E-state index in [2.05, 4.69) is 15.3 Å². The van der Waals surface area contributed by atoms with Gasteiger partial charge in [0.2, 0.25) is 15.8 Å². The number of sulfonamides is 1. The van der Waals surface area contributed by atoms with Crippen molar-refractivity contribution in [3.05, 3.63) is 120 Å². The maximum absolute atomic E-state index is 16.2. The molecule has 346 valence electrons. The van der Waals surface area contributed by atoms with Crippen LogP contribution in [0, 0.1) is 0 Å². The lowest BCUT2D eigenvalue weighted by atomic mass is 9.98. The van der Waals surface area contributed by atoms with Gasteiger partial charge in [0.1, 0.15) is 22.1 Å². The number of para-hydroxylation sites is 1. The van der Waals surface area contributed by atoms with Gasteiger partial charge in [-0.1, -0.05) is 65.9 Å². The predicted octanol–water partition coefficient (Wildman–Crippen LogP) is 7.60. The van der Waals surface area contributed by atoms with Crippen molar-refractivity contribution in [1.29, 1.82) is 0 Å². The van der Waals surface area contributed by atoms with Gasteiger partial charge in [0.05, 0.1) is 53.8 Å². The molecule has 0 radical (unpaired) electrons. The van der Waals surface area contributed by atoms with E-state index in [1.54, 1.807) is 101 Å². The number of anilines is 1. The molecule has 0 spiro atoms. The molecule has 1 amide bonds. The molecule has 17 nitrogen and oxygen atoms in total. The number of carboxylic acid groups (broad SMARTS) is 1. The van der Waals surface area contributed by atoms with Gasteiger partial charge in [-0.05, 0) is 104 Å². The molecule has 7 rings (SSSR count). The molecule has 1 unspecified atom stereocenters. The van der Waals surface area contributed by atoms with Crippen LogP contribution in [0.15, 0.2) is 113 Å². The number of benzene rings is 5. The number of ether oxygens (including phenoxy) is 3. The number of sulfone groups is 1. The van der Waals surface area contributed by atoms with E-state index in [0.29, 0.717) is 44.2 Å². The van der Waals surface area contributed by atoms with E-state index in [9.17, 15) is 9.90 Å². The summed E-state index contributed by atoms with van der Waals surface area (Å²) in [7, 11) is -5.11. The first-order chi connectivity index (χ1) is 31.3. The lowest BCUT2D eigenvalue weighted by Gasteiger charge is -2.35. The third-order valence-electron chi connectivity index (χ3n) is 11.0. The third-order valence-corrected chi connectivity index (χ3v) is 16.0. The Morgan fingerprint density at radius 1 is 0.788 bits per heavy atom. The number of nitrogen functional groups attached to an aromatic ring is 1. The number of thiazole rings is 1. The molecule has 0 aliphatic rings. The predicted molar refractivity (Wildman–Crippen MR) is 252 cm³/mol. The summed E-state index contributed by atoms with van der Waals surface area (Å²) in [6, 6.07) is 28.9. The highest BCUT2D eigenvalue weighted by atomic mass is 32.2. The van der Waals surface area contributed by atoms with E-state index in [-0.39, 0.29) is 41.7 Å². The lowest BCUT2D eigenvalue weighted by Crippen LogP contribution is -2.49. The van der Waals surface area contributed by atoms with Gasteiger partial charge in [0.15, 0.2) is 15.0 Å². The fourth-order valence-corrected chi connectivity index (χ4v) is 11.9. The van der Waals surface area contributed by atoms with Crippen LogP contribution in [0.1, 0.15) is 44.4 Å². The van der Waals surface area contributed by atoms with Gasteiger partial charge in [-0.2, -0.15) is 9.10 Å². The van der Waals surface area contributed by atoms with Crippen LogP contribution in [-0.2, 0) is 39.5 Å². The lowest BCUT2D eigenvalue weighted by molar-refractivity contribution is 0.101.